The molecule has 0 amide bonds. The quantitative estimate of drug-likeness (QED) is 0.838. The number of methoxy groups -OCH3 is 2. The Morgan fingerprint density at radius 2 is 2.00 bits per heavy atom. The van der Waals surface area contributed by atoms with Crippen molar-refractivity contribution in [1.82, 2.24) is 10.1 Å². The van der Waals surface area contributed by atoms with E-state index in [1.807, 2.05) is 18.2 Å². The Hall–Kier alpha value is -2.24. The van der Waals surface area contributed by atoms with E-state index in [2.05, 4.69) is 22.4 Å². The maximum Gasteiger partial charge on any atom is 0.321 e. The van der Waals surface area contributed by atoms with Crippen LogP contribution in [0.15, 0.2) is 22.7 Å². The van der Waals surface area contributed by atoms with Crippen molar-refractivity contribution in [2.24, 2.45) is 0 Å². The van der Waals surface area contributed by atoms with Gasteiger partial charge in [0, 0.05) is 13.0 Å². The normalized spacial score (nSPS) is 10.3. The summed E-state index contributed by atoms with van der Waals surface area (Å²) in [6.45, 7) is 2.89. The average molecular weight is 277 g/mol. The van der Waals surface area contributed by atoms with Crippen molar-refractivity contribution in [2.75, 3.05) is 26.1 Å². The second-order valence-electron chi connectivity index (χ2n) is 4.31. The van der Waals surface area contributed by atoms with Crippen molar-refractivity contribution in [3.8, 4) is 11.5 Å². The second kappa shape index (κ2) is 6.79. The van der Waals surface area contributed by atoms with Gasteiger partial charge >= 0.3 is 6.01 Å². The van der Waals surface area contributed by atoms with E-state index in [0.717, 1.165) is 18.5 Å². The highest BCUT2D eigenvalue weighted by atomic mass is 16.5. The summed E-state index contributed by atoms with van der Waals surface area (Å²) in [5, 5.41) is 7.00. The molecule has 0 unspecified atom stereocenters. The number of anilines is 1. The minimum absolute atomic E-state index is 0.460. The van der Waals surface area contributed by atoms with Crippen molar-refractivity contribution < 1.29 is 14.0 Å². The van der Waals surface area contributed by atoms with E-state index in [0.29, 0.717) is 29.8 Å². The lowest BCUT2D eigenvalue weighted by Gasteiger charge is -2.08. The molecule has 0 saturated heterocycles. The van der Waals surface area contributed by atoms with E-state index in [4.69, 9.17) is 14.0 Å². The molecule has 0 radical (unpaired) electrons. The largest absolute Gasteiger partial charge is 0.493 e. The molecule has 0 atom stereocenters. The number of hydrogen-bond donors (Lipinski definition) is 1. The molecule has 6 heteroatoms. The fourth-order valence-corrected chi connectivity index (χ4v) is 1.80. The Morgan fingerprint density at radius 3 is 2.70 bits per heavy atom. The molecule has 1 N–H and O–H groups in total. The Kier molecular flexibility index (Phi) is 4.81. The van der Waals surface area contributed by atoms with Crippen LogP contribution in [0.3, 0.4) is 0 Å². The third kappa shape index (κ3) is 3.40. The fourth-order valence-electron chi connectivity index (χ4n) is 1.80. The number of nitrogens with one attached hydrogen (secondary N) is 1. The molecule has 0 spiro atoms. The average Bonchev–Trinajstić information content (AvgIpc) is 2.92. The minimum Gasteiger partial charge on any atom is -0.493 e. The van der Waals surface area contributed by atoms with Gasteiger partial charge in [0.1, 0.15) is 0 Å². The summed E-state index contributed by atoms with van der Waals surface area (Å²) in [7, 11) is 3.23. The molecule has 0 fully saturated rings. The third-order valence-corrected chi connectivity index (χ3v) is 2.80. The van der Waals surface area contributed by atoms with Gasteiger partial charge < -0.3 is 19.3 Å². The lowest BCUT2D eigenvalue weighted by molar-refractivity contribution is 0.354. The number of ether oxygens (including phenoxy) is 2. The number of nitrogens with zero attached hydrogens (tertiary/aromatic N) is 2. The summed E-state index contributed by atoms with van der Waals surface area (Å²) in [6.07, 6.45) is 1.59. The molecule has 20 heavy (non-hydrogen) atoms. The molecule has 2 aromatic rings. The predicted molar refractivity (Wildman–Crippen MR) is 75.4 cm³/mol. The molecule has 0 aliphatic carbocycles. The van der Waals surface area contributed by atoms with Gasteiger partial charge in [0.05, 0.1) is 14.2 Å². The van der Waals surface area contributed by atoms with Crippen LogP contribution in [0.4, 0.5) is 6.01 Å². The van der Waals surface area contributed by atoms with Crippen molar-refractivity contribution in [1.29, 1.82) is 0 Å². The Balaban J connectivity index is 2.07. The topological polar surface area (TPSA) is 69.4 Å². The zero-order valence-electron chi connectivity index (χ0n) is 12.0. The monoisotopic (exact) mass is 277 g/mol. The molecule has 108 valence electrons. The van der Waals surface area contributed by atoms with E-state index in [1.54, 1.807) is 14.2 Å². The number of benzene rings is 1. The van der Waals surface area contributed by atoms with Gasteiger partial charge in [-0.3, -0.25) is 0 Å². The molecule has 0 aliphatic heterocycles. The van der Waals surface area contributed by atoms with Gasteiger partial charge in [0.25, 0.3) is 0 Å². The molecule has 6 nitrogen and oxygen atoms in total. The second-order valence-corrected chi connectivity index (χ2v) is 4.31. The first-order valence-electron chi connectivity index (χ1n) is 6.54. The van der Waals surface area contributed by atoms with Crippen LogP contribution in [-0.2, 0) is 6.42 Å². The number of rotatable bonds is 7. The minimum atomic E-state index is 0.460. The highest BCUT2D eigenvalue weighted by Gasteiger charge is 2.09. The maximum atomic E-state index is 5.27. The molecule has 1 heterocycles. The summed E-state index contributed by atoms with van der Waals surface area (Å²) in [5.41, 5.74) is 1.03. The maximum absolute atomic E-state index is 5.27. The Bertz CT molecular complexity index is 554. The summed E-state index contributed by atoms with van der Waals surface area (Å²) < 4.78 is 15.6. The lowest BCUT2D eigenvalue weighted by atomic mass is 10.1. The summed E-state index contributed by atoms with van der Waals surface area (Å²) in [4.78, 5) is 4.28. The highest BCUT2D eigenvalue weighted by molar-refractivity contribution is 5.43. The molecular formula is C14H19N3O3. The van der Waals surface area contributed by atoms with Crippen LogP contribution in [-0.4, -0.2) is 30.9 Å². The van der Waals surface area contributed by atoms with Crippen LogP contribution in [0, 0.1) is 0 Å². The molecular weight excluding hydrogens is 258 g/mol. The first kappa shape index (κ1) is 14.2. The molecule has 2 rings (SSSR count). The van der Waals surface area contributed by atoms with Gasteiger partial charge in [-0.25, -0.2) is 0 Å². The zero-order valence-corrected chi connectivity index (χ0v) is 12.0. The smallest absolute Gasteiger partial charge is 0.321 e. The molecule has 1 aromatic carbocycles. The van der Waals surface area contributed by atoms with Gasteiger partial charge in [-0.1, -0.05) is 18.1 Å². The van der Waals surface area contributed by atoms with Crippen molar-refractivity contribution in [3.05, 3.63) is 29.6 Å². The third-order valence-electron chi connectivity index (χ3n) is 2.80. The van der Waals surface area contributed by atoms with Crippen LogP contribution in [0.5, 0.6) is 11.5 Å². The van der Waals surface area contributed by atoms with Crippen LogP contribution in [0.25, 0.3) is 0 Å². The fraction of sp³-hybridized carbons (Fsp3) is 0.429. The predicted octanol–water partition coefficient (Wildman–Crippen LogP) is 2.50. The number of hydrogen-bond acceptors (Lipinski definition) is 6. The summed E-state index contributed by atoms with van der Waals surface area (Å²) in [5.74, 6) is 2.03. The van der Waals surface area contributed by atoms with Crippen molar-refractivity contribution >= 4 is 6.01 Å². The van der Waals surface area contributed by atoms with Crippen LogP contribution in [0.2, 0.25) is 0 Å². The standard InChI is InChI=1S/C14H19N3O3/c1-4-7-15-14-16-13(17-20-14)9-10-5-6-11(18-2)12(8-10)19-3/h5-6,8H,4,7,9H2,1-3H3,(H,15,16,17). The van der Waals surface area contributed by atoms with Gasteiger partial charge in [-0.15, -0.1) is 0 Å². The first-order chi connectivity index (χ1) is 9.76. The van der Waals surface area contributed by atoms with E-state index in [9.17, 15) is 0 Å². The highest BCUT2D eigenvalue weighted by Crippen LogP contribution is 2.28. The van der Waals surface area contributed by atoms with Gasteiger partial charge in [-0.2, -0.15) is 4.98 Å². The Labute approximate surface area is 118 Å². The lowest BCUT2D eigenvalue weighted by Crippen LogP contribution is -2.00. The Morgan fingerprint density at radius 1 is 1.20 bits per heavy atom. The molecule has 1 aromatic heterocycles. The van der Waals surface area contributed by atoms with Gasteiger partial charge in [0.2, 0.25) is 0 Å². The van der Waals surface area contributed by atoms with E-state index in [1.165, 1.54) is 0 Å². The van der Waals surface area contributed by atoms with E-state index in [-0.39, 0.29) is 0 Å². The number of aromatic nitrogens is 2. The van der Waals surface area contributed by atoms with Gasteiger partial charge in [-0.05, 0) is 24.1 Å². The first-order valence-corrected chi connectivity index (χ1v) is 6.54. The molecule has 0 bridgehead atoms. The van der Waals surface area contributed by atoms with Crippen molar-refractivity contribution in [3.63, 3.8) is 0 Å². The van der Waals surface area contributed by atoms with Gasteiger partial charge in [0.15, 0.2) is 17.3 Å². The van der Waals surface area contributed by atoms with Crippen LogP contribution >= 0.6 is 0 Å². The SMILES string of the molecule is CCCNc1nc(Cc2ccc(OC)c(OC)c2)no1. The zero-order chi connectivity index (χ0) is 14.4. The van der Waals surface area contributed by atoms with Crippen LogP contribution in [0.1, 0.15) is 24.7 Å². The van der Waals surface area contributed by atoms with E-state index >= 15 is 0 Å². The molecule has 0 saturated carbocycles. The summed E-state index contributed by atoms with van der Waals surface area (Å²) in [6, 6.07) is 6.19. The van der Waals surface area contributed by atoms with Crippen molar-refractivity contribution in [2.45, 2.75) is 19.8 Å². The molecule has 0 aliphatic rings. The summed E-state index contributed by atoms with van der Waals surface area (Å²) >= 11 is 0. The van der Waals surface area contributed by atoms with Crippen LogP contribution < -0.4 is 14.8 Å². The van der Waals surface area contributed by atoms with E-state index < -0.39 is 0 Å².